The number of hydrogen-bond donors (Lipinski definition) is 2. The van der Waals surface area contributed by atoms with Gasteiger partial charge in [0.1, 0.15) is 5.82 Å². The first-order valence-corrected chi connectivity index (χ1v) is 8.42. The van der Waals surface area contributed by atoms with Gasteiger partial charge in [0.2, 0.25) is 5.91 Å². The molecular weight excluding hydrogens is 312 g/mol. The van der Waals surface area contributed by atoms with Crippen LogP contribution < -0.4 is 5.32 Å². The van der Waals surface area contributed by atoms with Crippen molar-refractivity contribution in [2.24, 2.45) is 5.92 Å². The van der Waals surface area contributed by atoms with Gasteiger partial charge in [-0.15, -0.1) is 0 Å². The van der Waals surface area contributed by atoms with Gasteiger partial charge in [-0.05, 0) is 37.2 Å². The molecule has 6 heteroatoms. The summed E-state index contributed by atoms with van der Waals surface area (Å²) in [6, 6.07) is 7.64. The Balaban J connectivity index is 1.53. The number of carbonyl (C=O) groups excluding carboxylic acids is 1. The third-order valence-electron chi connectivity index (χ3n) is 4.67. The lowest BCUT2D eigenvalue weighted by molar-refractivity contribution is -0.135. The van der Waals surface area contributed by atoms with Crippen molar-refractivity contribution in [3.63, 3.8) is 0 Å². The van der Waals surface area contributed by atoms with E-state index >= 15 is 0 Å². The van der Waals surface area contributed by atoms with Crippen LogP contribution in [0.3, 0.4) is 0 Å². The summed E-state index contributed by atoms with van der Waals surface area (Å²) in [5, 5.41) is 3.98. The van der Waals surface area contributed by atoms with Gasteiger partial charge in [-0.25, -0.2) is 4.98 Å². The van der Waals surface area contributed by atoms with Crippen molar-refractivity contribution in [2.75, 3.05) is 19.6 Å². The number of fused-ring (bicyclic) bond motifs is 1. The summed E-state index contributed by atoms with van der Waals surface area (Å²) >= 11 is 5.94. The molecule has 0 radical (unpaired) electrons. The molecule has 2 N–H and O–H groups in total. The van der Waals surface area contributed by atoms with Gasteiger partial charge < -0.3 is 15.2 Å². The molecule has 3 heterocycles. The van der Waals surface area contributed by atoms with E-state index in [-0.39, 0.29) is 11.8 Å². The van der Waals surface area contributed by atoms with Crippen LogP contribution in [0.2, 0.25) is 5.02 Å². The fourth-order valence-electron chi connectivity index (χ4n) is 3.35. The topological polar surface area (TPSA) is 61.0 Å². The van der Waals surface area contributed by atoms with Gasteiger partial charge in [0, 0.05) is 30.1 Å². The van der Waals surface area contributed by atoms with E-state index in [0.29, 0.717) is 11.6 Å². The second kappa shape index (κ2) is 5.98. The molecule has 4 rings (SSSR count). The zero-order valence-electron chi connectivity index (χ0n) is 12.8. The van der Waals surface area contributed by atoms with Crippen LogP contribution in [-0.2, 0) is 17.8 Å². The number of nitrogens with one attached hydrogen (secondary N) is 2. The average Bonchev–Trinajstić information content (AvgIpc) is 3.23. The number of carbonyl (C=O) groups is 1. The number of nitrogens with zero attached hydrogens (tertiary/aromatic N) is 2. The van der Waals surface area contributed by atoms with Crippen molar-refractivity contribution in [2.45, 2.75) is 19.4 Å². The van der Waals surface area contributed by atoms with Crippen molar-refractivity contribution in [3.8, 4) is 11.4 Å². The highest BCUT2D eigenvalue weighted by atomic mass is 35.5. The molecule has 1 saturated heterocycles. The number of aromatic nitrogens is 2. The van der Waals surface area contributed by atoms with Crippen LogP contribution in [0, 0.1) is 5.92 Å². The fourth-order valence-corrected chi connectivity index (χ4v) is 3.48. The maximum Gasteiger partial charge on any atom is 0.227 e. The summed E-state index contributed by atoms with van der Waals surface area (Å²) < 4.78 is 0. The molecule has 120 valence electrons. The number of amides is 1. The van der Waals surface area contributed by atoms with Crippen LogP contribution in [0.15, 0.2) is 24.3 Å². The predicted octanol–water partition coefficient (Wildman–Crippen LogP) is 2.22. The number of benzene rings is 1. The third kappa shape index (κ3) is 2.86. The minimum Gasteiger partial charge on any atom is -0.340 e. The standard InChI is InChI=1S/C17H19ClN4O/c18-13-3-1-11(2-4-13)16-20-14-6-8-22(10-15(14)21-16)17(23)12-5-7-19-9-12/h1-4,12,19H,5-10H2,(H,20,21)/t12-/m0/s1. The summed E-state index contributed by atoms with van der Waals surface area (Å²) in [5.41, 5.74) is 3.14. The lowest BCUT2D eigenvalue weighted by Gasteiger charge is -2.28. The maximum atomic E-state index is 12.6. The Morgan fingerprint density at radius 1 is 1.30 bits per heavy atom. The van der Waals surface area contributed by atoms with Crippen molar-refractivity contribution >= 4 is 17.5 Å². The Morgan fingerprint density at radius 3 is 2.87 bits per heavy atom. The van der Waals surface area contributed by atoms with Gasteiger partial charge in [0.25, 0.3) is 0 Å². The largest absolute Gasteiger partial charge is 0.340 e. The molecule has 0 spiro atoms. The highest BCUT2D eigenvalue weighted by Gasteiger charge is 2.30. The van der Waals surface area contributed by atoms with Crippen molar-refractivity contribution in [1.82, 2.24) is 20.2 Å². The maximum absolute atomic E-state index is 12.6. The van der Waals surface area contributed by atoms with Crippen LogP contribution in [0.25, 0.3) is 11.4 Å². The molecule has 1 aromatic heterocycles. The first-order chi connectivity index (χ1) is 11.2. The number of hydrogen-bond acceptors (Lipinski definition) is 3. The quantitative estimate of drug-likeness (QED) is 0.887. The lowest BCUT2D eigenvalue weighted by atomic mass is 10.0. The molecule has 2 aliphatic rings. The van der Waals surface area contributed by atoms with E-state index in [2.05, 4.69) is 10.3 Å². The zero-order valence-corrected chi connectivity index (χ0v) is 13.6. The fraction of sp³-hybridized carbons (Fsp3) is 0.412. The highest BCUT2D eigenvalue weighted by molar-refractivity contribution is 6.30. The van der Waals surface area contributed by atoms with Gasteiger partial charge in [0.05, 0.1) is 23.9 Å². The summed E-state index contributed by atoms with van der Waals surface area (Å²) in [5.74, 6) is 1.25. The second-order valence-electron chi connectivity index (χ2n) is 6.22. The summed E-state index contributed by atoms with van der Waals surface area (Å²) in [7, 11) is 0. The van der Waals surface area contributed by atoms with Crippen molar-refractivity contribution in [1.29, 1.82) is 0 Å². The molecule has 23 heavy (non-hydrogen) atoms. The Kier molecular flexibility index (Phi) is 3.83. The molecule has 0 bridgehead atoms. The zero-order chi connectivity index (χ0) is 15.8. The minimum absolute atomic E-state index is 0.134. The molecule has 1 aromatic carbocycles. The smallest absolute Gasteiger partial charge is 0.227 e. The van der Waals surface area contributed by atoms with E-state index in [0.717, 1.165) is 55.3 Å². The van der Waals surface area contributed by atoms with E-state index in [4.69, 9.17) is 16.6 Å². The SMILES string of the molecule is O=C([C@H]1CCNC1)N1CCc2nc(-c3ccc(Cl)cc3)[nH]c2C1. The van der Waals surface area contributed by atoms with Gasteiger partial charge >= 0.3 is 0 Å². The van der Waals surface area contributed by atoms with Gasteiger partial charge in [-0.3, -0.25) is 4.79 Å². The molecule has 0 aliphatic carbocycles. The summed E-state index contributed by atoms with van der Waals surface area (Å²) in [6.07, 6.45) is 1.76. The molecule has 1 fully saturated rings. The first-order valence-electron chi connectivity index (χ1n) is 8.04. The van der Waals surface area contributed by atoms with E-state index in [1.165, 1.54) is 0 Å². The predicted molar refractivity (Wildman–Crippen MR) is 89.1 cm³/mol. The second-order valence-corrected chi connectivity index (χ2v) is 6.65. The first kappa shape index (κ1) is 14.7. The van der Waals surface area contributed by atoms with Crippen LogP contribution in [-0.4, -0.2) is 40.4 Å². The molecule has 0 unspecified atom stereocenters. The Labute approximate surface area is 140 Å². The van der Waals surface area contributed by atoms with E-state index in [1.807, 2.05) is 29.2 Å². The Bertz CT molecular complexity index is 719. The highest BCUT2D eigenvalue weighted by Crippen LogP contribution is 2.25. The normalized spacial score (nSPS) is 20.6. The Morgan fingerprint density at radius 2 is 2.13 bits per heavy atom. The molecule has 5 nitrogen and oxygen atoms in total. The molecule has 1 amide bonds. The molecule has 2 aliphatic heterocycles. The monoisotopic (exact) mass is 330 g/mol. The third-order valence-corrected chi connectivity index (χ3v) is 4.92. The van der Waals surface area contributed by atoms with Gasteiger partial charge in [-0.2, -0.15) is 0 Å². The number of imidazole rings is 1. The average molecular weight is 331 g/mol. The van der Waals surface area contributed by atoms with Gasteiger partial charge in [0.15, 0.2) is 0 Å². The number of aromatic amines is 1. The van der Waals surface area contributed by atoms with Crippen LogP contribution >= 0.6 is 11.6 Å². The van der Waals surface area contributed by atoms with Crippen LogP contribution in [0.5, 0.6) is 0 Å². The lowest BCUT2D eigenvalue weighted by Crippen LogP contribution is -2.40. The number of H-pyrrole nitrogens is 1. The molecule has 1 atom stereocenters. The minimum atomic E-state index is 0.134. The molecular formula is C17H19ClN4O. The molecule has 2 aromatic rings. The van der Waals surface area contributed by atoms with E-state index < -0.39 is 0 Å². The van der Waals surface area contributed by atoms with Gasteiger partial charge in [-0.1, -0.05) is 11.6 Å². The summed E-state index contributed by atoms with van der Waals surface area (Å²) in [4.78, 5) is 22.6. The van der Waals surface area contributed by atoms with E-state index in [9.17, 15) is 4.79 Å². The summed E-state index contributed by atoms with van der Waals surface area (Å²) in [6.45, 7) is 3.14. The van der Waals surface area contributed by atoms with E-state index in [1.54, 1.807) is 0 Å². The van der Waals surface area contributed by atoms with Crippen molar-refractivity contribution in [3.05, 3.63) is 40.7 Å². The number of halogens is 1. The molecule has 0 saturated carbocycles. The number of rotatable bonds is 2. The van der Waals surface area contributed by atoms with Crippen molar-refractivity contribution < 1.29 is 4.79 Å². The van der Waals surface area contributed by atoms with Crippen LogP contribution in [0.1, 0.15) is 17.8 Å². The van der Waals surface area contributed by atoms with Crippen LogP contribution in [0.4, 0.5) is 0 Å². The Hall–Kier alpha value is -1.85.